The van der Waals surface area contributed by atoms with E-state index in [2.05, 4.69) is 15.3 Å². The second-order valence-corrected chi connectivity index (χ2v) is 4.42. The number of fused-ring (bicyclic) bond motifs is 1. The van der Waals surface area contributed by atoms with Gasteiger partial charge in [-0.3, -0.25) is 4.98 Å². The summed E-state index contributed by atoms with van der Waals surface area (Å²) in [4.78, 5) is 8.56. The predicted octanol–water partition coefficient (Wildman–Crippen LogP) is 3.25. The number of rotatable bonds is 4. The fraction of sp³-hybridized carbons (Fsp3) is 0.125. The molecule has 4 heteroatoms. The van der Waals surface area contributed by atoms with Gasteiger partial charge in [0.15, 0.2) is 0 Å². The second-order valence-electron chi connectivity index (χ2n) is 4.42. The van der Waals surface area contributed by atoms with E-state index < -0.39 is 0 Å². The van der Waals surface area contributed by atoms with Crippen molar-refractivity contribution in [3.63, 3.8) is 0 Å². The highest BCUT2D eigenvalue weighted by atomic mass is 16.5. The van der Waals surface area contributed by atoms with E-state index in [-0.39, 0.29) is 0 Å². The molecule has 0 amide bonds. The van der Waals surface area contributed by atoms with Crippen molar-refractivity contribution in [3.8, 4) is 5.75 Å². The maximum Gasteiger partial charge on any atom is 0.146 e. The molecular formula is C16H15N3O. The number of hydrogen-bond donors (Lipinski definition) is 1. The lowest BCUT2D eigenvalue weighted by Gasteiger charge is -2.09. The first-order valence-corrected chi connectivity index (χ1v) is 6.46. The molecule has 2 aromatic heterocycles. The van der Waals surface area contributed by atoms with Crippen LogP contribution in [0.15, 0.2) is 54.9 Å². The Morgan fingerprint density at radius 1 is 1.05 bits per heavy atom. The van der Waals surface area contributed by atoms with E-state index in [1.165, 1.54) is 0 Å². The van der Waals surface area contributed by atoms with Gasteiger partial charge in [-0.15, -0.1) is 0 Å². The van der Waals surface area contributed by atoms with Gasteiger partial charge in [0.25, 0.3) is 0 Å². The first kappa shape index (κ1) is 12.4. The molecule has 0 atom stereocenters. The summed E-state index contributed by atoms with van der Waals surface area (Å²) in [6.07, 6.45) is 3.55. The van der Waals surface area contributed by atoms with Crippen LogP contribution >= 0.6 is 0 Å². The Bertz CT molecular complexity index is 722. The zero-order valence-corrected chi connectivity index (χ0v) is 11.2. The van der Waals surface area contributed by atoms with Crippen molar-refractivity contribution in [3.05, 3.63) is 60.4 Å². The topological polar surface area (TPSA) is 47.0 Å². The van der Waals surface area contributed by atoms with Crippen molar-refractivity contribution in [2.45, 2.75) is 6.61 Å². The molecule has 4 nitrogen and oxygen atoms in total. The number of para-hydroxylation sites is 1. The minimum Gasteiger partial charge on any atom is -0.487 e. The lowest BCUT2D eigenvalue weighted by molar-refractivity contribution is 0.309. The summed E-state index contributed by atoms with van der Waals surface area (Å²) in [7, 11) is 1.85. The molecule has 0 radical (unpaired) electrons. The van der Waals surface area contributed by atoms with E-state index in [0.29, 0.717) is 6.61 Å². The molecule has 0 spiro atoms. The molecule has 3 rings (SSSR count). The van der Waals surface area contributed by atoms with Crippen molar-refractivity contribution in [2.24, 2.45) is 0 Å². The van der Waals surface area contributed by atoms with Gasteiger partial charge in [-0.2, -0.15) is 0 Å². The molecule has 20 heavy (non-hydrogen) atoms. The molecule has 1 N–H and O–H groups in total. The number of benzene rings is 1. The maximum atomic E-state index is 5.89. The Morgan fingerprint density at radius 3 is 2.85 bits per heavy atom. The van der Waals surface area contributed by atoms with Gasteiger partial charge in [-0.1, -0.05) is 18.2 Å². The molecule has 0 unspecified atom stereocenters. The molecule has 0 aliphatic carbocycles. The van der Waals surface area contributed by atoms with Gasteiger partial charge in [-0.05, 0) is 29.8 Å². The molecule has 0 bridgehead atoms. The normalized spacial score (nSPS) is 10.4. The molecule has 0 aliphatic heterocycles. The summed E-state index contributed by atoms with van der Waals surface area (Å²) in [5, 5.41) is 4.10. The van der Waals surface area contributed by atoms with Gasteiger partial charge in [0.05, 0.1) is 0 Å². The van der Waals surface area contributed by atoms with Crippen LogP contribution in [0.2, 0.25) is 0 Å². The third-order valence-electron chi connectivity index (χ3n) is 3.07. The predicted molar refractivity (Wildman–Crippen MR) is 79.9 cm³/mol. The first-order chi connectivity index (χ1) is 9.86. The molecule has 0 saturated heterocycles. The van der Waals surface area contributed by atoms with Crippen LogP contribution in [0.1, 0.15) is 5.56 Å². The second kappa shape index (κ2) is 5.57. The average Bonchev–Trinajstić information content (AvgIpc) is 2.53. The van der Waals surface area contributed by atoms with Gasteiger partial charge >= 0.3 is 0 Å². The first-order valence-electron chi connectivity index (χ1n) is 6.46. The largest absolute Gasteiger partial charge is 0.487 e. The highest BCUT2D eigenvalue weighted by molar-refractivity contribution is 5.84. The van der Waals surface area contributed by atoms with Crippen molar-refractivity contribution in [2.75, 3.05) is 12.4 Å². The summed E-state index contributed by atoms with van der Waals surface area (Å²) >= 11 is 0. The number of ether oxygens (including phenoxy) is 1. The van der Waals surface area contributed by atoms with Crippen molar-refractivity contribution in [1.82, 2.24) is 9.97 Å². The maximum absolute atomic E-state index is 5.89. The lowest BCUT2D eigenvalue weighted by atomic mass is 10.2. The summed E-state index contributed by atoms with van der Waals surface area (Å²) in [5.41, 5.74) is 1.95. The third-order valence-corrected chi connectivity index (χ3v) is 3.07. The Hall–Kier alpha value is -2.62. The molecule has 3 aromatic rings. The zero-order chi connectivity index (χ0) is 13.8. The van der Waals surface area contributed by atoms with E-state index in [1.807, 2.05) is 49.5 Å². The van der Waals surface area contributed by atoms with Crippen LogP contribution < -0.4 is 10.1 Å². The number of pyridine rings is 2. The Morgan fingerprint density at radius 2 is 1.95 bits per heavy atom. The van der Waals surface area contributed by atoms with E-state index in [1.54, 1.807) is 12.4 Å². The van der Waals surface area contributed by atoms with E-state index in [4.69, 9.17) is 4.74 Å². The summed E-state index contributed by atoms with van der Waals surface area (Å²) in [6, 6.07) is 13.8. The fourth-order valence-corrected chi connectivity index (χ4v) is 2.05. The SMILES string of the molecule is CNc1cc(COc2cccc3cccnc23)ccn1. The number of nitrogens with zero attached hydrogens (tertiary/aromatic N) is 2. The van der Waals surface area contributed by atoms with Crippen LogP contribution in [0.4, 0.5) is 5.82 Å². The fourth-order valence-electron chi connectivity index (χ4n) is 2.05. The van der Waals surface area contributed by atoms with Crippen molar-refractivity contribution in [1.29, 1.82) is 0 Å². The zero-order valence-electron chi connectivity index (χ0n) is 11.2. The van der Waals surface area contributed by atoms with E-state index >= 15 is 0 Å². The number of nitrogens with one attached hydrogen (secondary N) is 1. The lowest BCUT2D eigenvalue weighted by Crippen LogP contribution is -1.99. The van der Waals surface area contributed by atoms with Gasteiger partial charge in [0, 0.05) is 24.8 Å². The Labute approximate surface area is 117 Å². The van der Waals surface area contributed by atoms with Crippen LogP contribution in [-0.4, -0.2) is 17.0 Å². The standard InChI is InChI=1S/C16H15N3O/c1-17-15-10-12(7-9-18-15)11-20-14-6-2-4-13-5-3-8-19-16(13)14/h2-10H,11H2,1H3,(H,17,18). The number of hydrogen-bond acceptors (Lipinski definition) is 4. The Balaban J connectivity index is 1.83. The number of aromatic nitrogens is 2. The summed E-state index contributed by atoms with van der Waals surface area (Å²) in [6.45, 7) is 0.493. The van der Waals surface area contributed by atoms with Gasteiger partial charge in [0.2, 0.25) is 0 Å². The van der Waals surface area contributed by atoms with Gasteiger partial charge < -0.3 is 10.1 Å². The number of anilines is 1. The smallest absolute Gasteiger partial charge is 0.146 e. The molecular weight excluding hydrogens is 250 g/mol. The average molecular weight is 265 g/mol. The highest BCUT2D eigenvalue weighted by Gasteiger charge is 2.03. The minimum absolute atomic E-state index is 0.493. The molecule has 1 aromatic carbocycles. The quantitative estimate of drug-likeness (QED) is 0.786. The molecule has 100 valence electrons. The molecule has 0 fully saturated rings. The van der Waals surface area contributed by atoms with Crippen molar-refractivity contribution >= 4 is 16.7 Å². The van der Waals surface area contributed by atoms with Crippen LogP contribution in [0.5, 0.6) is 5.75 Å². The van der Waals surface area contributed by atoms with E-state index in [0.717, 1.165) is 28.0 Å². The molecule has 2 heterocycles. The third kappa shape index (κ3) is 2.54. The van der Waals surface area contributed by atoms with Gasteiger partial charge in [0.1, 0.15) is 23.7 Å². The summed E-state index contributed by atoms with van der Waals surface area (Å²) in [5.74, 6) is 1.63. The van der Waals surface area contributed by atoms with Crippen LogP contribution in [0, 0.1) is 0 Å². The summed E-state index contributed by atoms with van der Waals surface area (Å²) < 4.78 is 5.89. The van der Waals surface area contributed by atoms with E-state index in [9.17, 15) is 0 Å². The highest BCUT2D eigenvalue weighted by Crippen LogP contribution is 2.23. The molecule has 0 saturated carbocycles. The van der Waals surface area contributed by atoms with Crippen LogP contribution in [0.25, 0.3) is 10.9 Å². The minimum atomic E-state index is 0.493. The van der Waals surface area contributed by atoms with Crippen LogP contribution in [0.3, 0.4) is 0 Å². The molecule has 0 aliphatic rings. The van der Waals surface area contributed by atoms with Gasteiger partial charge in [-0.25, -0.2) is 4.98 Å². The monoisotopic (exact) mass is 265 g/mol. The Kier molecular flexibility index (Phi) is 3.46. The van der Waals surface area contributed by atoms with Crippen molar-refractivity contribution < 1.29 is 4.74 Å². The van der Waals surface area contributed by atoms with Crippen LogP contribution in [-0.2, 0) is 6.61 Å².